The van der Waals surface area contributed by atoms with Gasteiger partial charge in [0.25, 0.3) is 0 Å². The molecule has 1 aromatic heterocycles. The van der Waals surface area contributed by atoms with Gasteiger partial charge in [-0.05, 0) is 35.2 Å². The number of hydrogen-bond acceptors (Lipinski definition) is 4. The molecule has 1 atom stereocenters. The first-order valence-electron chi connectivity index (χ1n) is 9.53. The summed E-state index contributed by atoms with van der Waals surface area (Å²) in [5, 5.41) is 11.4. The quantitative estimate of drug-likeness (QED) is 0.552. The number of aliphatic carboxylic acids is 1. The van der Waals surface area contributed by atoms with Crippen molar-refractivity contribution in [3.05, 3.63) is 58.5 Å². The number of hydrogen-bond donors (Lipinski definition) is 2. The number of amides is 1. The van der Waals surface area contributed by atoms with Gasteiger partial charge in [-0.25, -0.2) is 4.79 Å². The number of carboxylic acid groups (broad SMARTS) is 1. The first kappa shape index (κ1) is 21.0. The third kappa shape index (κ3) is 4.17. The number of rotatable bonds is 8. The van der Waals surface area contributed by atoms with Crippen LogP contribution in [0.3, 0.4) is 0 Å². The molecule has 156 valence electrons. The van der Waals surface area contributed by atoms with Crippen LogP contribution in [0.5, 0.6) is 0 Å². The van der Waals surface area contributed by atoms with Crippen LogP contribution in [0.4, 0.5) is 0 Å². The van der Waals surface area contributed by atoms with Crippen LogP contribution in [-0.2, 0) is 27.9 Å². The lowest BCUT2D eigenvalue weighted by molar-refractivity contribution is -0.136. The van der Waals surface area contributed by atoms with Crippen LogP contribution in [-0.4, -0.2) is 39.5 Å². The molecule has 3 aromatic rings. The van der Waals surface area contributed by atoms with Crippen molar-refractivity contribution in [2.45, 2.75) is 25.3 Å². The number of fused-ring (bicyclic) bond motifs is 1. The molecule has 30 heavy (non-hydrogen) atoms. The second kappa shape index (κ2) is 8.77. The maximum absolute atomic E-state index is 12.8. The van der Waals surface area contributed by atoms with E-state index in [9.17, 15) is 19.2 Å². The Labute approximate surface area is 172 Å². The van der Waals surface area contributed by atoms with Gasteiger partial charge >= 0.3 is 11.7 Å². The van der Waals surface area contributed by atoms with E-state index in [-0.39, 0.29) is 30.9 Å². The number of aldehydes is 1. The summed E-state index contributed by atoms with van der Waals surface area (Å²) in [7, 11) is 3.17. The van der Waals surface area contributed by atoms with Crippen LogP contribution in [0, 0.1) is 0 Å². The van der Waals surface area contributed by atoms with E-state index < -0.39 is 12.0 Å². The van der Waals surface area contributed by atoms with Gasteiger partial charge in [0, 0.05) is 20.5 Å². The van der Waals surface area contributed by atoms with E-state index in [0.717, 1.165) is 11.1 Å². The number of aromatic nitrogens is 2. The van der Waals surface area contributed by atoms with Gasteiger partial charge in [0.05, 0.1) is 23.5 Å². The molecular weight excluding hydrogens is 386 g/mol. The number of benzene rings is 2. The van der Waals surface area contributed by atoms with Gasteiger partial charge in [0.2, 0.25) is 5.91 Å². The largest absolute Gasteiger partial charge is 0.481 e. The maximum Gasteiger partial charge on any atom is 0.329 e. The monoisotopic (exact) mass is 409 g/mol. The molecule has 0 bridgehead atoms. The van der Waals surface area contributed by atoms with E-state index in [2.05, 4.69) is 5.32 Å². The second-order valence-corrected chi connectivity index (χ2v) is 7.10. The second-order valence-electron chi connectivity index (χ2n) is 7.10. The summed E-state index contributed by atoms with van der Waals surface area (Å²) in [5.41, 5.74) is 3.41. The lowest BCUT2D eigenvalue weighted by Gasteiger charge is -2.12. The summed E-state index contributed by atoms with van der Waals surface area (Å²) in [6.07, 6.45) is 1.02. The number of aryl methyl sites for hydroxylation is 1. The average Bonchev–Trinajstić information content (AvgIpc) is 2.99. The van der Waals surface area contributed by atoms with Crippen molar-refractivity contribution in [1.82, 2.24) is 14.5 Å². The lowest BCUT2D eigenvalue weighted by Crippen LogP contribution is -2.28. The summed E-state index contributed by atoms with van der Waals surface area (Å²) >= 11 is 0. The van der Waals surface area contributed by atoms with Crippen LogP contribution in [0.25, 0.3) is 22.2 Å². The van der Waals surface area contributed by atoms with E-state index in [1.54, 1.807) is 25.2 Å². The van der Waals surface area contributed by atoms with Gasteiger partial charge in [0.15, 0.2) is 0 Å². The van der Waals surface area contributed by atoms with Crippen molar-refractivity contribution >= 4 is 29.2 Å². The minimum absolute atomic E-state index is 0.0419. The standard InChI is InChI=1S/C22H23N3O5/c1-23-20(27)10-8-17(13-26)25-18-9-7-16(12-19(18)24(2)22(25)30)15-5-3-14(4-6-15)11-21(28)29/h3-7,9,12-13,17H,8,10-11H2,1-2H3,(H,23,27)(H,28,29). The van der Waals surface area contributed by atoms with Crippen LogP contribution >= 0.6 is 0 Å². The summed E-state index contributed by atoms with van der Waals surface area (Å²) in [4.78, 5) is 46.9. The predicted octanol–water partition coefficient (Wildman–Crippen LogP) is 1.90. The van der Waals surface area contributed by atoms with E-state index in [1.807, 2.05) is 24.3 Å². The zero-order valence-corrected chi connectivity index (χ0v) is 16.8. The minimum Gasteiger partial charge on any atom is -0.481 e. The molecule has 8 nitrogen and oxygen atoms in total. The molecule has 0 aliphatic heterocycles. The Kier molecular flexibility index (Phi) is 6.15. The summed E-state index contributed by atoms with van der Waals surface area (Å²) < 4.78 is 2.90. The maximum atomic E-state index is 12.8. The molecule has 0 spiro atoms. The highest BCUT2D eigenvalue weighted by Gasteiger charge is 2.20. The highest BCUT2D eigenvalue weighted by atomic mass is 16.4. The van der Waals surface area contributed by atoms with Crippen molar-refractivity contribution in [3.63, 3.8) is 0 Å². The Hall–Kier alpha value is -3.68. The summed E-state index contributed by atoms with van der Waals surface area (Å²) in [6.45, 7) is 0. The van der Waals surface area contributed by atoms with E-state index >= 15 is 0 Å². The molecular formula is C22H23N3O5. The van der Waals surface area contributed by atoms with Crippen molar-refractivity contribution < 1.29 is 19.5 Å². The molecule has 1 unspecified atom stereocenters. The fourth-order valence-corrected chi connectivity index (χ4v) is 3.52. The lowest BCUT2D eigenvalue weighted by atomic mass is 10.0. The Morgan fingerprint density at radius 2 is 1.77 bits per heavy atom. The zero-order chi connectivity index (χ0) is 21.8. The van der Waals surface area contributed by atoms with Crippen molar-refractivity contribution in [2.24, 2.45) is 7.05 Å². The van der Waals surface area contributed by atoms with Gasteiger partial charge in [-0.2, -0.15) is 0 Å². The third-order valence-corrected chi connectivity index (χ3v) is 5.17. The molecule has 8 heteroatoms. The molecule has 1 heterocycles. The SMILES string of the molecule is CNC(=O)CCC(C=O)n1c(=O)n(C)c2cc(-c3ccc(CC(=O)O)cc3)ccc21. The fraction of sp³-hybridized carbons (Fsp3) is 0.273. The van der Waals surface area contributed by atoms with Gasteiger partial charge in [-0.3, -0.25) is 18.7 Å². The Balaban J connectivity index is 1.99. The molecule has 0 saturated heterocycles. The van der Waals surface area contributed by atoms with Crippen LogP contribution in [0.15, 0.2) is 47.3 Å². The molecule has 0 saturated carbocycles. The molecule has 1 amide bonds. The van der Waals surface area contributed by atoms with Gasteiger partial charge < -0.3 is 15.2 Å². The fourth-order valence-electron chi connectivity index (χ4n) is 3.52. The molecule has 2 N–H and O–H groups in total. The molecule has 0 aliphatic rings. The highest BCUT2D eigenvalue weighted by Crippen LogP contribution is 2.26. The van der Waals surface area contributed by atoms with Gasteiger partial charge in [-0.15, -0.1) is 0 Å². The topological polar surface area (TPSA) is 110 Å². The first-order valence-corrected chi connectivity index (χ1v) is 9.53. The Bertz CT molecular complexity index is 1160. The highest BCUT2D eigenvalue weighted by molar-refractivity contribution is 5.84. The smallest absolute Gasteiger partial charge is 0.329 e. The molecule has 0 radical (unpaired) electrons. The van der Waals surface area contributed by atoms with Gasteiger partial charge in [-0.1, -0.05) is 30.3 Å². The number of carbonyl (C=O) groups is 3. The first-order chi connectivity index (χ1) is 14.3. The normalized spacial score (nSPS) is 11.9. The van der Waals surface area contributed by atoms with Crippen LogP contribution < -0.4 is 11.0 Å². The van der Waals surface area contributed by atoms with Crippen molar-refractivity contribution in [3.8, 4) is 11.1 Å². The zero-order valence-electron chi connectivity index (χ0n) is 16.8. The number of imidazole rings is 1. The molecule has 0 fully saturated rings. The van der Waals surface area contributed by atoms with E-state index in [4.69, 9.17) is 5.11 Å². The Morgan fingerprint density at radius 1 is 1.10 bits per heavy atom. The minimum atomic E-state index is -0.887. The number of nitrogens with one attached hydrogen (secondary N) is 1. The summed E-state index contributed by atoms with van der Waals surface area (Å²) in [5.74, 6) is -1.08. The summed E-state index contributed by atoms with van der Waals surface area (Å²) in [6, 6.07) is 12.0. The third-order valence-electron chi connectivity index (χ3n) is 5.17. The van der Waals surface area contributed by atoms with Crippen LogP contribution in [0.1, 0.15) is 24.4 Å². The number of carboxylic acids is 1. The molecule has 2 aromatic carbocycles. The molecule has 3 rings (SSSR count). The Morgan fingerprint density at radius 3 is 2.37 bits per heavy atom. The van der Waals surface area contributed by atoms with Crippen LogP contribution in [0.2, 0.25) is 0 Å². The van der Waals surface area contributed by atoms with Crippen molar-refractivity contribution in [2.75, 3.05) is 7.05 Å². The average molecular weight is 409 g/mol. The number of carbonyl (C=O) groups excluding carboxylic acids is 2. The number of nitrogens with zero attached hydrogens (tertiary/aromatic N) is 2. The molecule has 0 aliphatic carbocycles. The predicted molar refractivity (Wildman–Crippen MR) is 112 cm³/mol. The van der Waals surface area contributed by atoms with E-state index in [0.29, 0.717) is 22.9 Å². The van der Waals surface area contributed by atoms with Crippen molar-refractivity contribution in [1.29, 1.82) is 0 Å². The van der Waals surface area contributed by atoms with Gasteiger partial charge in [0.1, 0.15) is 6.29 Å². The van der Waals surface area contributed by atoms with E-state index in [1.165, 1.54) is 16.2 Å².